The van der Waals surface area contributed by atoms with Gasteiger partial charge in [0.25, 0.3) is 12.3 Å². The molecule has 1 amide bonds. The van der Waals surface area contributed by atoms with Gasteiger partial charge in [0.2, 0.25) is 0 Å². The average molecular weight is 317 g/mol. The minimum Gasteiger partial charge on any atom is -0.395 e. The van der Waals surface area contributed by atoms with Crippen LogP contribution in [0.2, 0.25) is 5.02 Å². The minimum absolute atomic E-state index is 0.160. The van der Waals surface area contributed by atoms with Gasteiger partial charge in [0.1, 0.15) is 0 Å². The van der Waals surface area contributed by atoms with Crippen molar-refractivity contribution in [3.05, 3.63) is 34.3 Å². The number of aliphatic hydroxyl groups excluding tert-OH is 1. The van der Waals surface area contributed by atoms with Gasteiger partial charge in [0.15, 0.2) is 0 Å². The molecule has 0 heterocycles. The Morgan fingerprint density at radius 3 is 2.71 bits per heavy atom. The first-order valence-corrected chi connectivity index (χ1v) is 6.54. The maximum absolute atomic E-state index is 12.4. The van der Waals surface area contributed by atoms with E-state index in [0.717, 1.165) is 4.90 Å². The van der Waals surface area contributed by atoms with E-state index in [1.54, 1.807) is 0 Å². The van der Waals surface area contributed by atoms with Crippen molar-refractivity contribution >= 4 is 17.5 Å². The summed E-state index contributed by atoms with van der Waals surface area (Å²) >= 11 is 5.99. The van der Waals surface area contributed by atoms with Crippen LogP contribution in [-0.4, -0.2) is 48.6 Å². The van der Waals surface area contributed by atoms with Gasteiger partial charge >= 0.3 is 0 Å². The summed E-state index contributed by atoms with van der Waals surface area (Å²) in [6.45, 7) is -1.14. The van der Waals surface area contributed by atoms with Gasteiger partial charge in [0, 0.05) is 17.7 Å². The van der Waals surface area contributed by atoms with Gasteiger partial charge in [-0.05, 0) is 18.2 Å². The van der Waals surface area contributed by atoms with E-state index in [4.69, 9.17) is 22.4 Å². The molecule has 0 aliphatic rings. The molecule has 21 heavy (non-hydrogen) atoms. The van der Waals surface area contributed by atoms with E-state index in [1.807, 2.05) is 0 Å². The number of rotatable bonds is 5. The molecule has 7 heteroatoms. The molecule has 4 nitrogen and oxygen atoms in total. The van der Waals surface area contributed by atoms with Crippen LogP contribution in [0.4, 0.5) is 8.78 Å². The lowest BCUT2D eigenvalue weighted by Crippen LogP contribution is -2.37. The summed E-state index contributed by atoms with van der Waals surface area (Å²) in [4.78, 5) is 13.0. The zero-order chi connectivity index (χ0) is 15.8. The largest absolute Gasteiger partial charge is 0.395 e. The number of nitrogens with two attached hydrogens (primary N) is 1. The van der Waals surface area contributed by atoms with Crippen LogP contribution in [0.1, 0.15) is 15.9 Å². The van der Waals surface area contributed by atoms with Crippen molar-refractivity contribution in [2.45, 2.75) is 6.43 Å². The molecule has 0 bridgehead atoms. The number of nitrogens with zero attached hydrogens (tertiary/aromatic N) is 1. The highest BCUT2D eigenvalue weighted by Crippen LogP contribution is 2.18. The van der Waals surface area contributed by atoms with Gasteiger partial charge in [-0.2, -0.15) is 0 Å². The Kier molecular flexibility index (Phi) is 7.09. The van der Waals surface area contributed by atoms with Crippen LogP contribution >= 0.6 is 11.6 Å². The number of hydrogen-bond acceptors (Lipinski definition) is 3. The molecule has 0 radical (unpaired) electrons. The molecule has 3 N–H and O–H groups in total. The Morgan fingerprint density at radius 1 is 1.48 bits per heavy atom. The third-order valence-corrected chi connectivity index (χ3v) is 2.87. The van der Waals surface area contributed by atoms with Gasteiger partial charge in [-0.3, -0.25) is 4.79 Å². The summed E-state index contributed by atoms with van der Waals surface area (Å²) in [5.74, 6) is 4.74. The van der Waals surface area contributed by atoms with Crippen molar-refractivity contribution in [3.8, 4) is 11.8 Å². The van der Waals surface area contributed by atoms with E-state index < -0.39 is 25.5 Å². The highest BCUT2D eigenvalue weighted by atomic mass is 35.5. The molecular formula is C14H15ClF2N2O2. The summed E-state index contributed by atoms with van der Waals surface area (Å²) in [5, 5.41) is 9.08. The van der Waals surface area contributed by atoms with Crippen molar-refractivity contribution in [3.63, 3.8) is 0 Å². The highest BCUT2D eigenvalue weighted by molar-refractivity contribution is 6.32. The fraction of sp³-hybridized carbons (Fsp3) is 0.357. The quantitative estimate of drug-likeness (QED) is 0.806. The molecule has 0 aliphatic carbocycles. The molecule has 0 spiro atoms. The van der Waals surface area contributed by atoms with Crippen LogP contribution in [0.3, 0.4) is 0 Å². The molecule has 0 saturated heterocycles. The summed E-state index contributed by atoms with van der Waals surface area (Å²) in [6.07, 6.45) is -2.68. The summed E-state index contributed by atoms with van der Waals surface area (Å²) < 4.78 is 24.9. The van der Waals surface area contributed by atoms with E-state index in [2.05, 4.69) is 11.8 Å². The number of halogens is 3. The molecule has 0 saturated carbocycles. The zero-order valence-corrected chi connectivity index (χ0v) is 11.9. The highest BCUT2D eigenvalue weighted by Gasteiger charge is 2.19. The fourth-order valence-electron chi connectivity index (χ4n) is 1.64. The summed E-state index contributed by atoms with van der Waals surface area (Å²) in [7, 11) is 0. The number of amides is 1. The number of benzene rings is 1. The van der Waals surface area contributed by atoms with Crippen molar-refractivity contribution < 1.29 is 18.7 Å². The predicted molar refractivity (Wildman–Crippen MR) is 76.4 cm³/mol. The maximum atomic E-state index is 12.4. The normalized spacial score (nSPS) is 10.2. The number of carbonyl (C=O) groups excluding carboxylic acids is 1. The van der Waals surface area contributed by atoms with E-state index in [9.17, 15) is 13.6 Å². The monoisotopic (exact) mass is 316 g/mol. The van der Waals surface area contributed by atoms with E-state index in [-0.39, 0.29) is 23.7 Å². The lowest BCUT2D eigenvalue weighted by Gasteiger charge is -2.21. The maximum Gasteiger partial charge on any atom is 0.255 e. The number of alkyl halides is 2. The second kappa shape index (κ2) is 8.57. The van der Waals surface area contributed by atoms with E-state index in [0.29, 0.717) is 5.56 Å². The Labute approximate surface area is 126 Å². The lowest BCUT2D eigenvalue weighted by molar-refractivity contribution is 0.0509. The molecule has 0 fully saturated rings. The van der Waals surface area contributed by atoms with Crippen LogP contribution in [0.25, 0.3) is 0 Å². The van der Waals surface area contributed by atoms with Gasteiger partial charge in [-0.15, -0.1) is 0 Å². The first-order valence-electron chi connectivity index (χ1n) is 6.16. The molecule has 0 aliphatic heterocycles. The van der Waals surface area contributed by atoms with E-state index >= 15 is 0 Å². The molecule has 1 rings (SSSR count). The summed E-state index contributed by atoms with van der Waals surface area (Å²) in [6, 6.07) is 4.34. The van der Waals surface area contributed by atoms with Gasteiger partial charge < -0.3 is 15.7 Å². The number of carbonyl (C=O) groups is 1. The first kappa shape index (κ1) is 17.4. The fourth-order valence-corrected chi connectivity index (χ4v) is 1.87. The van der Waals surface area contributed by atoms with Crippen LogP contribution in [-0.2, 0) is 0 Å². The van der Waals surface area contributed by atoms with Crippen LogP contribution < -0.4 is 5.73 Å². The first-order chi connectivity index (χ1) is 9.99. The van der Waals surface area contributed by atoms with Crippen molar-refractivity contribution in [1.29, 1.82) is 0 Å². The van der Waals surface area contributed by atoms with Crippen molar-refractivity contribution in [1.82, 2.24) is 4.90 Å². The van der Waals surface area contributed by atoms with Crippen molar-refractivity contribution in [2.24, 2.45) is 5.73 Å². The molecule has 0 unspecified atom stereocenters. The Bertz CT molecular complexity index is 556. The summed E-state index contributed by atoms with van der Waals surface area (Å²) in [5.41, 5.74) is 5.91. The molecule has 0 aromatic heterocycles. The standard InChI is InChI=1S/C14H15ClF2N2O2/c15-12-8-11(4-3-10(12)2-1-5-18)14(21)19(6-7-20)9-13(16)17/h3-4,8,13,20H,5-7,9,18H2. The average Bonchev–Trinajstić information content (AvgIpc) is 2.44. The van der Waals surface area contributed by atoms with Gasteiger partial charge in [-0.25, -0.2) is 8.78 Å². The van der Waals surface area contributed by atoms with E-state index in [1.165, 1.54) is 18.2 Å². The number of aliphatic hydroxyl groups is 1. The van der Waals surface area contributed by atoms with Crippen molar-refractivity contribution in [2.75, 3.05) is 26.2 Å². The molecular weight excluding hydrogens is 302 g/mol. The molecule has 1 aromatic rings. The third kappa shape index (κ3) is 5.31. The van der Waals surface area contributed by atoms with Gasteiger partial charge in [0.05, 0.1) is 24.7 Å². The SMILES string of the molecule is NCC#Cc1ccc(C(=O)N(CCO)CC(F)F)cc1Cl. The second-order valence-corrected chi connectivity index (χ2v) is 4.47. The van der Waals surface area contributed by atoms with Gasteiger partial charge in [-0.1, -0.05) is 23.4 Å². The topological polar surface area (TPSA) is 66.6 Å². The molecule has 114 valence electrons. The molecule has 0 atom stereocenters. The number of hydrogen-bond donors (Lipinski definition) is 2. The third-order valence-electron chi connectivity index (χ3n) is 2.56. The Balaban J connectivity index is 2.97. The predicted octanol–water partition coefficient (Wildman–Crippen LogP) is 1.35. The zero-order valence-electron chi connectivity index (χ0n) is 11.2. The minimum atomic E-state index is -2.68. The van der Waals surface area contributed by atoms with Crippen LogP contribution in [0.15, 0.2) is 18.2 Å². The smallest absolute Gasteiger partial charge is 0.255 e. The lowest BCUT2D eigenvalue weighted by atomic mass is 10.1. The molecule has 1 aromatic carbocycles. The van der Waals surface area contributed by atoms with Crippen LogP contribution in [0.5, 0.6) is 0 Å². The Morgan fingerprint density at radius 2 is 2.19 bits per heavy atom. The Hall–Kier alpha value is -1.68. The second-order valence-electron chi connectivity index (χ2n) is 4.07. The van der Waals surface area contributed by atoms with Crippen LogP contribution in [0, 0.1) is 11.8 Å².